The lowest BCUT2D eigenvalue weighted by molar-refractivity contribution is 0.203. The van der Waals surface area contributed by atoms with Gasteiger partial charge < -0.3 is 14.9 Å². The van der Waals surface area contributed by atoms with Crippen molar-refractivity contribution in [1.29, 1.82) is 0 Å². The maximum Gasteiger partial charge on any atom is 0.275 e. The minimum absolute atomic E-state index is 0.0986. The molecule has 1 unspecified atom stereocenters. The molecule has 1 aliphatic rings. The van der Waals surface area contributed by atoms with E-state index in [-0.39, 0.29) is 5.56 Å². The van der Waals surface area contributed by atoms with Crippen LogP contribution in [0, 0.1) is 0 Å². The molecule has 2 atom stereocenters. The number of aliphatic hydroxyl groups is 1. The zero-order chi connectivity index (χ0) is 19.1. The van der Waals surface area contributed by atoms with Crippen molar-refractivity contribution >= 4 is 27.2 Å². The van der Waals surface area contributed by atoms with Gasteiger partial charge in [-0.25, -0.2) is 4.98 Å². The van der Waals surface area contributed by atoms with Gasteiger partial charge in [-0.2, -0.15) is 0 Å². The van der Waals surface area contributed by atoms with E-state index in [4.69, 9.17) is 0 Å². The Morgan fingerprint density at radius 2 is 1.96 bits per heavy atom. The number of benzene rings is 1. The van der Waals surface area contributed by atoms with Gasteiger partial charge in [0.25, 0.3) is 5.56 Å². The van der Waals surface area contributed by atoms with Gasteiger partial charge in [0.1, 0.15) is 11.0 Å². The van der Waals surface area contributed by atoms with Crippen LogP contribution in [0.2, 0.25) is 0 Å². The second kappa shape index (κ2) is 7.07. The molecular weight excluding hydrogens is 360 g/mol. The first-order valence-electron chi connectivity index (χ1n) is 9.15. The van der Waals surface area contributed by atoms with Crippen molar-refractivity contribution in [1.82, 2.24) is 14.5 Å². The van der Waals surface area contributed by atoms with Crippen LogP contribution in [0.5, 0.6) is 0 Å². The number of likely N-dealkylation sites (N-methyl/N-ethyl adjacent to an activating group) is 1. The zero-order valence-corrected chi connectivity index (χ0v) is 16.6. The Balaban J connectivity index is 1.62. The molecule has 1 aromatic carbocycles. The van der Waals surface area contributed by atoms with Gasteiger partial charge in [-0.05, 0) is 57.8 Å². The Morgan fingerprint density at radius 3 is 2.59 bits per heavy atom. The van der Waals surface area contributed by atoms with Crippen LogP contribution in [-0.4, -0.2) is 52.8 Å². The fourth-order valence-electron chi connectivity index (χ4n) is 3.54. The highest BCUT2D eigenvalue weighted by molar-refractivity contribution is 7.19. The molecule has 1 fully saturated rings. The first-order chi connectivity index (χ1) is 12.9. The lowest BCUT2D eigenvalue weighted by Gasteiger charge is -2.22. The summed E-state index contributed by atoms with van der Waals surface area (Å²) in [5.41, 5.74) is 2.52. The molecule has 0 bridgehead atoms. The first-order valence-corrected chi connectivity index (χ1v) is 9.96. The summed E-state index contributed by atoms with van der Waals surface area (Å²) in [4.78, 5) is 22.7. The van der Waals surface area contributed by atoms with E-state index < -0.39 is 6.10 Å². The Hall–Kier alpha value is -2.22. The molecule has 7 heteroatoms. The van der Waals surface area contributed by atoms with Crippen LogP contribution in [0.15, 0.2) is 41.5 Å². The van der Waals surface area contributed by atoms with Gasteiger partial charge in [0.05, 0.1) is 17.3 Å². The summed E-state index contributed by atoms with van der Waals surface area (Å²) in [5, 5.41) is 9.76. The summed E-state index contributed by atoms with van der Waals surface area (Å²) in [6.07, 6.45) is 2.14. The molecule has 1 aliphatic heterocycles. The van der Waals surface area contributed by atoms with Crippen LogP contribution in [0.3, 0.4) is 0 Å². The van der Waals surface area contributed by atoms with E-state index in [0.29, 0.717) is 16.3 Å². The summed E-state index contributed by atoms with van der Waals surface area (Å²) < 4.78 is 2.15. The Morgan fingerprint density at radius 1 is 1.26 bits per heavy atom. The van der Waals surface area contributed by atoms with E-state index in [1.807, 2.05) is 12.1 Å². The molecule has 0 amide bonds. The number of rotatable bonds is 4. The van der Waals surface area contributed by atoms with Crippen molar-refractivity contribution in [2.45, 2.75) is 25.5 Å². The van der Waals surface area contributed by atoms with Gasteiger partial charge in [-0.15, -0.1) is 11.3 Å². The number of hydrogen-bond acceptors (Lipinski definition) is 6. The molecule has 3 aromatic rings. The summed E-state index contributed by atoms with van der Waals surface area (Å²) in [6, 6.07) is 10.4. The molecule has 3 heterocycles. The third-order valence-electron chi connectivity index (χ3n) is 5.26. The zero-order valence-electron chi connectivity index (χ0n) is 15.8. The van der Waals surface area contributed by atoms with Crippen molar-refractivity contribution < 1.29 is 5.11 Å². The van der Waals surface area contributed by atoms with Crippen molar-refractivity contribution in [3.63, 3.8) is 0 Å². The van der Waals surface area contributed by atoms with Gasteiger partial charge in [-0.1, -0.05) is 0 Å². The Labute approximate surface area is 162 Å². The molecular formula is C20H24N4O2S. The van der Waals surface area contributed by atoms with Crippen LogP contribution in [0.1, 0.15) is 24.3 Å². The van der Waals surface area contributed by atoms with Gasteiger partial charge in [0.2, 0.25) is 0 Å². The van der Waals surface area contributed by atoms with E-state index in [0.717, 1.165) is 23.7 Å². The Bertz CT molecular complexity index is 1010. The molecule has 1 N–H and O–H groups in total. The van der Waals surface area contributed by atoms with Crippen LogP contribution in [0.4, 0.5) is 5.69 Å². The summed E-state index contributed by atoms with van der Waals surface area (Å²) in [5.74, 6) is 0. The Kier molecular flexibility index (Phi) is 4.75. The number of fused-ring (bicyclic) bond motifs is 1. The van der Waals surface area contributed by atoms with Crippen LogP contribution in [0.25, 0.3) is 15.9 Å². The summed E-state index contributed by atoms with van der Waals surface area (Å²) in [6.45, 7) is 3.77. The monoisotopic (exact) mass is 384 g/mol. The van der Waals surface area contributed by atoms with Crippen LogP contribution < -0.4 is 10.5 Å². The maximum absolute atomic E-state index is 12.9. The number of aliphatic hydroxyl groups excluding tert-OH is 1. The summed E-state index contributed by atoms with van der Waals surface area (Å²) in [7, 11) is 4.25. The van der Waals surface area contributed by atoms with E-state index in [9.17, 15) is 9.90 Å². The van der Waals surface area contributed by atoms with Crippen molar-refractivity contribution in [2.24, 2.45) is 0 Å². The molecule has 27 heavy (non-hydrogen) atoms. The fraction of sp³-hybridized carbons (Fsp3) is 0.400. The number of anilines is 1. The SMILES string of the molecule is CC(O)c1cc2ncn(-c3ccc(N4CC[C@@H](N(C)C)C4)cc3)c(=O)c2s1. The predicted molar refractivity (Wildman–Crippen MR) is 110 cm³/mol. The molecule has 0 aliphatic carbocycles. The number of aromatic nitrogens is 2. The maximum atomic E-state index is 12.9. The highest BCUT2D eigenvalue weighted by Crippen LogP contribution is 2.27. The van der Waals surface area contributed by atoms with Gasteiger partial charge >= 0.3 is 0 Å². The van der Waals surface area contributed by atoms with E-state index >= 15 is 0 Å². The van der Waals surface area contributed by atoms with Gasteiger partial charge in [0, 0.05) is 29.7 Å². The lowest BCUT2D eigenvalue weighted by atomic mass is 10.2. The highest BCUT2D eigenvalue weighted by atomic mass is 32.1. The predicted octanol–water partition coefficient (Wildman–Crippen LogP) is 2.64. The minimum Gasteiger partial charge on any atom is -0.388 e. The summed E-state index contributed by atoms with van der Waals surface area (Å²) >= 11 is 1.31. The van der Waals surface area contributed by atoms with Crippen molar-refractivity contribution in [3.8, 4) is 5.69 Å². The largest absolute Gasteiger partial charge is 0.388 e. The van der Waals surface area contributed by atoms with Crippen molar-refractivity contribution in [3.05, 3.63) is 51.9 Å². The third-order valence-corrected chi connectivity index (χ3v) is 6.54. The van der Waals surface area contributed by atoms with Crippen LogP contribution >= 0.6 is 11.3 Å². The molecule has 6 nitrogen and oxygen atoms in total. The lowest BCUT2D eigenvalue weighted by Crippen LogP contribution is -2.31. The average molecular weight is 385 g/mol. The number of nitrogens with zero attached hydrogens (tertiary/aromatic N) is 4. The second-order valence-corrected chi connectivity index (χ2v) is 8.41. The number of hydrogen-bond donors (Lipinski definition) is 1. The molecule has 4 rings (SSSR count). The molecule has 0 saturated carbocycles. The normalized spacial score (nSPS) is 18.6. The van der Waals surface area contributed by atoms with E-state index in [2.05, 4.69) is 41.0 Å². The highest BCUT2D eigenvalue weighted by Gasteiger charge is 2.24. The van der Waals surface area contributed by atoms with Crippen molar-refractivity contribution in [2.75, 3.05) is 32.1 Å². The molecule has 2 aromatic heterocycles. The fourth-order valence-corrected chi connectivity index (χ4v) is 4.52. The number of thiophene rings is 1. The molecule has 142 valence electrons. The third kappa shape index (κ3) is 3.38. The van der Waals surface area contributed by atoms with Crippen LogP contribution in [-0.2, 0) is 0 Å². The second-order valence-electron chi connectivity index (χ2n) is 7.33. The minimum atomic E-state index is -0.595. The molecule has 1 saturated heterocycles. The van der Waals surface area contributed by atoms with Gasteiger partial charge in [0.15, 0.2) is 0 Å². The van der Waals surface area contributed by atoms with Gasteiger partial charge in [-0.3, -0.25) is 9.36 Å². The topological polar surface area (TPSA) is 61.6 Å². The van der Waals surface area contributed by atoms with E-state index in [1.165, 1.54) is 23.4 Å². The molecule has 0 spiro atoms. The molecule has 0 radical (unpaired) electrons. The average Bonchev–Trinajstić information content (AvgIpc) is 3.30. The standard InChI is InChI=1S/C20H24N4O2S/c1-13(25)18-10-17-19(27-18)20(26)24(12-21-17)15-6-4-14(5-7-15)23-9-8-16(11-23)22(2)3/h4-7,10,12-13,16,25H,8-9,11H2,1-3H3/t13?,16-/m1/s1. The smallest absolute Gasteiger partial charge is 0.275 e. The quantitative estimate of drug-likeness (QED) is 0.749. The first kappa shape index (κ1) is 18.2. The van der Waals surface area contributed by atoms with E-state index in [1.54, 1.807) is 23.9 Å².